The number of carbonyl (C=O) groups is 1. The van der Waals surface area contributed by atoms with E-state index in [1.54, 1.807) is 38.1 Å². The van der Waals surface area contributed by atoms with Gasteiger partial charge in [-0.2, -0.15) is 0 Å². The Balaban J connectivity index is 2.53. The van der Waals surface area contributed by atoms with Crippen LogP contribution in [0.1, 0.15) is 25.3 Å². The number of carboxylic acid groups (broad SMARTS) is 1. The molecule has 0 aromatic heterocycles. The maximum atomic E-state index is 12.2. The zero-order chi connectivity index (χ0) is 13.5. The quantitative estimate of drug-likeness (QED) is 0.900. The van der Waals surface area contributed by atoms with Crippen molar-refractivity contribution in [3.05, 3.63) is 29.8 Å². The highest BCUT2D eigenvalue weighted by Gasteiger charge is 2.39. The van der Waals surface area contributed by atoms with Crippen molar-refractivity contribution in [1.29, 1.82) is 0 Å². The lowest BCUT2D eigenvalue weighted by Crippen LogP contribution is -2.36. The Morgan fingerprint density at radius 2 is 2.00 bits per heavy atom. The molecule has 0 radical (unpaired) electrons. The summed E-state index contributed by atoms with van der Waals surface area (Å²) in [6, 6.07) is 6.76. The zero-order valence-corrected chi connectivity index (χ0v) is 11.0. The maximum absolute atomic E-state index is 12.2. The first-order valence-electron chi connectivity index (χ1n) is 5.69. The van der Waals surface area contributed by atoms with Gasteiger partial charge in [0.25, 0.3) is 0 Å². The molecule has 1 aliphatic heterocycles. The van der Waals surface area contributed by atoms with E-state index < -0.39 is 27.2 Å². The van der Waals surface area contributed by atoms with Gasteiger partial charge in [0.15, 0.2) is 0 Å². The van der Waals surface area contributed by atoms with Crippen LogP contribution in [0.15, 0.2) is 24.3 Å². The van der Waals surface area contributed by atoms with Crippen LogP contribution < -0.4 is 4.31 Å². The number of aliphatic carboxylic acids is 1. The monoisotopic (exact) mass is 269 g/mol. The van der Waals surface area contributed by atoms with Crippen LogP contribution >= 0.6 is 0 Å². The minimum atomic E-state index is -3.49. The summed E-state index contributed by atoms with van der Waals surface area (Å²) in [4.78, 5) is 11.2. The van der Waals surface area contributed by atoms with Crippen molar-refractivity contribution in [1.82, 2.24) is 0 Å². The molecular weight excluding hydrogens is 254 g/mol. The second-order valence-electron chi connectivity index (χ2n) is 4.57. The van der Waals surface area contributed by atoms with E-state index >= 15 is 0 Å². The number of carboxylic acids is 1. The molecule has 0 saturated heterocycles. The van der Waals surface area contributed by atoms with Crippen molar-refractivity contribution in [3.8, 4) is 0 Å². The molecule has 98 valence electrons. The first kappa shape index (κ1) is 12.9. The fraction of sp³-hybridized carbons (Fsp3) is 0.417. The highest BCUT2D eigenvalue weighted by Crippen LogP contribution is 2.38. The molecule has 1 atom stereocenters. The summed E-state index contributed by atoms with van der Waals surface area (Å²) >= 11 is 0. The van der Waals surface area contributed by atoms with Crippen molar-refractivity contribution < 1.29 is 18.3 Å². The van der Waals surface area contributed by atoms with Crippen molar-refractivity contribution in [3.63, 3.8) is 0 Å². The normalized spacial score (nSPS) is 19.1. The Kier molecular flexibility index (Phi) is 3.06. The molecular formula is C12H15NO4S. The van der Waals surface area contributed by atoms with Crippen LogP contribution in [0.2, 0.25) is 0 Å². The Labute approximate surface area is 106 Å². The van der Waals surface area contributed by atoms with E-state index in [0.29, 0.717) is 11.3 Å². The summed E-state index contributed by atoms with van der Waals surface area (Å²) in [6.45, 7) is 3.16. The second kappa shape index (κ2) is 4.28. The number of benzene rings is 1. The predicted molar refractivity (Wildman–Crippen MR) is 68.2 cm³/mol. The summed E-state index contributed by atoms with van der Waals surface area (Å²) < 4.78 is 25.6. The smallest absolute Gasteiger partial charge is 0.312 e. The first-order chi connectivity index (χ1) is 8.35. The molecule has 18 heavy (non-hydrogen) atoms. The van der Waals surface area contributed by atoms with Crippen LogP contribution in [0.25, 0.3) is 0 Å². The molecule has 0 saturated carbocycles. The molecule has 1 heterocycles. The number of nitrogens with zero attached hydrogens (tertiary/aromatic N) is 1. The van der Waals surface area contributed by atoms with Crippen LogP contribution in [0.5, 0.6) is 0 Å². The highest BCUT2D eigenvalue weighted by atomic mass is 32.2. The van der Waals surface area contributed by atoms with Gasteiger partial charge in [0.1, 0.15) is 5.92 Å². The SMILES string of the molecule is CC(C)S(=O)(=O)N1CC(C(=O)O)c2ccccc21. The Morgan fingerprint density at radius 1 is 1.39 bits per heavy atom. The van der Waals surface area contributed by atoms with Crippen molar-refractivity contribution in [2.75, 3.05) is 10.8 Å². The Hall–Kier alpha value is -1.56. The van der Waals surface area contributed by atoms with Gasteiger partial charge in [-0.25, -0.2) is 8.42 Å². The van der Waals surface area contributed by atoms with Gasteiger partial charge in [0, 0.05) is 0 Å². The van der Waals surface area contributed by atoms with E-state index in [-0.39, 0.29) is 6.54 Å². The molecule has 2 rings (SSSR count). The predicted octanol–water partition coefficient (Wildman–Crippen LogP) is 1.41. The third-order valence-corrected chi connectivity index (χ3v) is 5.28. The number of sulfonamides is 1. The van der Waals surface area contributed by atoms with Crippen molar-refractivity contribution in [2.24, 2.45) is 0 Å². The van der Waals surface area contributed by atoms with Crippen LogP contribution in [-0.2, 0) is 14.8 Å². The number of para-hydroxylation sites is 1. The topological polar surface area (TPSA) is 74.7 Å². The fourth-order valence-corrected chi connectivity index (χ4v) is 3.38. The molecule has 0 fully saturated rings. The molecule has 0 amide bonds. The molecule has 0 aliphatic carbocycles. The number of anilines is 1. The van der Waals surface area contributed by atoms with Gasteiger partial charge in [-0.05, 0) is 25.5 Å². The number of hydrogen-bond donors (Lipinski definition) is 1. The number of fused-ring (bicyclic) bond motifs is 1. The van der Waals surface area contributed by atoms with Crippen molar-refractivity contribution in [2.45, 2.75) is 25.0 Å². The Bertz CT molecular complexity index is 579. The average Bonchev–Trinajstić information content (AvgIpc) is 2.68. The van der Waals surface area contributed by atoms with Gasteiger partial charge in [0.05, 0.1) is 17.5 Å². The third-order valence-electron chi connectivity index (χ3n) is 3.13. The lowest BCUT2D eigenvalue weighted by atomic mass is 10.0. The molecule has 1 aromatic carbocycles. The molecule has 6 heteroatoms. The summed E-state index contributed by atoms with van der Waals surface area (Å²) in [5, 5.41) is 8.59. The average molecular weight is 269 g/mol. The van der Waals surface area contributed by atoms with Gasteiger partial charge >= 0.3 is 5.97 Å². The third kappa shape index (κ3) is 1.86. The standard InChI is InChI=1S/C12H15NO4S/c1-8(2)18(16,17)13-7-10(12(14)15)9-5-3-4-6-11(9)13/h3-6,8,10H,7H2,1-2H3,(H,14,15). The van der Waals surface area contributed by atoms with Crippen LogP contribution in [-0.4, -0.2) is 31.3 Å². The van der Waals surface area contributed by atoms with Gasteiger partial charge in [-0.1, -0.05) is 18.2 Å². The van der Waals surface area contributed by atoms with E-state index in [1.165, 1.54) is 4.31 Å². The zero-order valence-electron chi connectivity index (χ0n) is 10.2. The molecule has 1 unspecified atom stereocenters. The fourth-order valence-electron chi connectivity index (χ4n) is 2.08. The first-order valence-corrected chi connectivity index (χ1v) is 7.19. The molecule has 0 spiro atoms. The maximum Gasteiger partial charge on any atom is 0.312 e. The van der Waals surface area contributed by atoms with E-state index in [0.717, 1.165) is 0 Å². The highest BCUT2D eigenvalue weighted by molar-refractivity contribution is 7.93. The second-order valence-corrected chi connectivity index (χ2v) is 6.99. The lowest BCUT2D eigenvalue weighted by molar-refractivity contribution is -0.138. The van der Waals surface area contributed by atoms with Crippen molar-refractivity contribution >= 4 is 21.7 Å². The Morgan fingerprint density at radius 3 is 2.56 bits per heavy atom. The van der Waals surface area contributed by atoms with E-state index in [9.17, 15) is 13.2 Å². The van der Waals surface area contributed by atoms with Crippen LogP contribution in [0, 0.1) is 0 Å². The van der Waals surface area contributed by atoms with Gasteiger partial charge in [0.2, 0.25) is 10.0 Å². The molecule has 1 aliphatic rings. The van der Waals surface area contributed by atoms with E-state index in [4.69, 9.17) is 5.11 Å². The molecule has 1 N–H and O–H groups in total. The summed E-state index contributed by atoms with van der Waals surface area (Å²) in [5.41, 5.74) is 1.05. The van der Waals surface area contributed by atoms with Gasteiger partial charge < -0.3 is 5.11 Å². The number of hydrogen-bond acceptors (Lipinski definition) is 3. The van der Waals surface area contributed by atoms with Gasteiger partial charge in [-0.15, -0.1) is 0 Å². The number of rotatable bonds is 3. The van der Waals surface area contributed by atoms with Crippen LogP contribution in [0.4, 0.5) is 5.69 Å². The summed E-state index contributed by atoms with van der Waals surface area (Å²) in [5.74, 6) is -1.78. The van der Waals surface area contributed by atoms with Gasteiger partial charge in [-0.3, -0.25) is 9.10 Å². The molecule has 0 bridgehead atoms. The lowest BCUT2D eigenvalue weighted by Gasteiger charge is -2.22. The minimum absolute atomic E-state index is 0.0187. The summed E-state index contributed by atoms with van der Waals surface area (Å²) in [6.07, 6.45) is 0. The molecule has 5 nitrogen and oxygen atoms in total. The van der Waals surface area contributed by atoms with Crippen LogP contribution in [0.3, 0.4) is 0 Å². The van der Waals surface area contributed by atoms with E-state index in [1.807, 2.05) is 0 Å². The summed E-state index contributed by atoms with van der Waals surface area (Å²) in [7, 11) is -3.49. The molecule has 1 aromatic rings. The van der Waals surface area contributed by atoms with E-state index in [2.05, 4.69) is 0 Å². The largest absolute Gasteiger partial charge is 0.481 e. The minimum Gasteiger partial charge on any atom is -0.481 e.